The lowest BCUT2D eigenvalue weighted by atomic mass is 10.00. The van der Waals surface area contributed by atoms with Gasteiger partial charge in [0.05, 0.1) is 12.0 Å². The summed E-state index contributed by atoms with van der Waals surface area (Å²) in [4.78, 5) is 15.4. The van der Waals surface area contributed by atoms with E-state index in [1.807, 2.05) is 60.4 Å². The number of rotatable bonds is 3. The van der Waals surface area contributed by atoms with E-state index in [2.05, 4.69) is 23.3 Å². The first-order valence-electron chi connectivity index (χ1n) is 9.76. The van der Waals surface area contributed by atoms with Crippen LogP contribution in [0.15, 0.2) is 77.4 Å². The molecule has 0 atom stereocenters. The Morgan fingerprint density at radius 1 is 1.00 bits per heavy atom. The average Bonchev–Trinajstić information content (AvgIpc) is 3.43. The van der Waals surface area contributed by atoms with Crippen LogP contribution in [0.25, 0.3) is 17.1 Å². The summed E-state index contributed by atoms with van der Waals surface area (Å²) >= 11 is 0. The highest BCUT2D eigenvalue weighted by molar-refractivity contribution is 5.94. The van der Waals surface area contributed by atoms with Gasteiger partial charge in [0.2, 0.25) is 0 Å². The maximum atomic E-state index is 13.5. The van der Waals surface area contributed by atoms with Gasteiger partial charge in [0.1, 0.15) is 11.4 Å². The lowest BCUT2D eigenvalue weighted by Crippen LogP contribution is -2.37. The number of fused-ring (bicyclic) bond motifs is 1. The number of carbonyl (C=O) groups excluding carboxylic acids is 1. The van der Waals surface area contributed by atoms with Gasteiger partial charge < -0.3 is 9.32 Å². The van der Waals surface area contributed by atoms with Crippen LogP contribution in [-0.4, -0.2) is 27.1 Å². The molecule has 0 bridgehead atoms. The van der Waals surface area contributed by atoms with E-state index in [0.717, 1.165) is 17.7 Å². The first-order chi connectivity index (χ1) is 14.2. The van der Waals surface area contributed by atoms with E-state index in [9.17, 15) is 4.79 Å². The second kappa shape index (κ2) is 7.09. The van der Waals surface area contributed by atoms with Gasteiger partial charge in [-0.1, -0.05) is 42.0 Å². The summed E-state index contributed by atoms with van der Waals surface area (Å²) in [5, 5.41) is 4.69. The highest BCUT2D eigenvalue weighted by atomic mass is 16.3. The highest BCUT2D eigenvalue weighted by Crippen LogP contribution is 2.25. The van der Waals surface area contributed by atoms with Crippen LogP contribution >= 0.6 is 0 Å². The zero-order valence-corrected chi connectivity index (χ0v) is 16.2. The second-order valence-electron chi connectivity index (χ2n) is 7.38. The molecular formula is C24H21N3O2. The van der Waals surface area contributed by atoms with Crippen LogP contribution in [-0.2, 0) is 13.0 Å². The Morgan fingerprint density at radius 3 is 2.55 bits per heavy atom. The van der Waals surface area contributed by atoms with Gasteiger partial charge in [-0.2, -0.15) is 5.10 Å². The molecule has 1 aliphatic rings. The molecule has 0 radical (unpaired) electrons. The van der Waals surface area contributed by atoms with Crippen molar-refractivity contribution in [2.24, 2.45) is 0 Å². The summed E-state index contributed by atoms with van der Waals surface area (Å²) in [5.41, 5.74) is 5.73. The third-order valence-corrected chi connectivity index (χ3v) is 5.40. The molecule has 0 saturated heterocycles. The van der Waals surface area contributed by atoms with E-state index in [4.69, 9.17) is 4.42 Å². The van der Waals surface area contributed by atoms with Crippen molar-refractivity contribution in [1.82, 2.24) is 14.7 Å². The Hall–Kier alpha value is -3.60. The number of hydrogen-bond acceptors (Lipinski definition) is 3. The molecule has 0 unspecified atom stereocenters. The Labute approximate surface area is 169 Å². The van der Waals surface area contributed by atoms with Gasteiger partial charge in [-0.25, -0.2) is 4.68 Å². The Kier molecular flexibility index (Phi) is 4.28. The summed E-state index contributed by atoms with van der Waals surface area (Å²) in [5.74, 6) is 0.624. The number of hydrogen-bond donors (Lipinski definition) is 0. The average molecular weight is 383 g/mol. The van der Waals surface area contributed by atoms with Crippen molar-refractivity contribution in [3.8, 4) is 17.1 Å². The number of carbonyl (C=O) groups is 1. The van der Waals surface area contributed by atoms with Crippen LogP contribution in [0, 0.1) is 6.92 Å². The minimum atomic E-state index is -0.0228. The lowest BCUT2D eigenvalue weighted by molar-refractivity contribution is 0.0725. The van der Waals surface area contributed by atoms with Crippen LogP contribution in [0.5, 0.6) is 0 Å². The van der Waals surface area contributed by atoms with Gasteiger partial charge in [0.15, 0.2) is 5.76 Å². The Bertz CT molecular complexity index is 1160. The molecule has 5 rings (SSSR count). The standard InChI is InChI=1S/C24H21N3O2/c1-17-8-10-20(11-9-17)27-22(15-21(25-27)23-7-4-14-29-23)24(28)26-13-12-18-5-2-3-6-19(18)16-26/h2-11,14-15H,12-13,16H2,1H3. The van der Waals surface area contributed by atoms with Gasteiger partial charge in [-0.05, 0) is 48.7 Å². The molecule has 0 spiro atoms. The van der Waals surface area contributed by atoms with E-state index < -0.39 is 0 Å². The predicted molar refractivity (Wildman–Crippen MR) is 111 cm³/mol. The quantitative estimate of drug-likeness (QED) is 0.518. The number of aromatic nitrogens is 2. The molecule has 4 aromatic rings. The molecule has 0 aliphatic carbocycles. The van der Waals surface area contributed by atoms with Crippen molar-refractivity contribution in [2.75, 3.05) is 6.54 Å². The van der Waals surface area contributed by atoms with Crippen molar-refractivity contribution in [3.63, 3.8) is 0 Å². The SMILES string of the molecule is Cc1ccc(-n2nc(-c3ccco3)cc2C(=O)N2CCc3ccccc3C2)cc1. The van der Waals surface area contributed by atoms with Gasteiger partial charge in [-0.15, -0.1) is 0 Å². The van der Waals surface area contributed by atoms with Crippen LogP contribution in [0.4, 0.5) is 0 Å². The van der Waals surface area contributed by atoms with E-state index >= 15 is 0 Å². The molecule has 3 heterocycles. The number of amides is 1. The largest absolute Gasteiger partial charge is 0.463 e. The van der Waals surface area contributed by atoms with Crippen molar-refractivity contribution in [2.45, 2.75) is 19.9 Å². The van der Waals surface area contributed by atoms with Crippen molar-refractivity contribution in [3.05, 3.63) is 95.4 Å². The third-order valence-electron chi connectivity index (χ3n) is 5.40. The number of aryl methyl sites for hydroxylation is 1. The summed E-state index contributed by atoms with van der Waals surface area (Å²) in [7, 11) is 0. The first-order valence-corrected chi connectivity index (χ1v) is 9.76. The molecular weight excluding hydrogens is 362 g/mol. The maximum Gasteiger partial charge on any atom is 0.272 e. The van der Waals surface area contributed by atoms with Crippen LogP contribution < -0.4 is 0 Å². The minimum Gasteiger partial charge on any atom is -0.463 e. The van der Waals surface area contributed by atoms with E-state index in [1.54, 1.807) is 10.9 Å². The molecule has 0 N–H and O–H groups in total. The van der Waals surface area contributed by atoms with Crippen LogP contribution in [0.1, 0.15) is 27.2 Å². The van der Waals surface area contributed by atoms with Gasteiger partial charge >= 0.3 is 0 Å². The normalized spacial score (nSPS) is 13.3. The van der Waals surface area contributed by atoms with Gasteiger partial charge in [-0.3, -0.25) is 4.79 Å². The minimum absolute atomic E-state index is 0.0228. The van der Waals surface area contributed by atoms with Crippen LogP contribution in [0.2, 0.25) is 0 Å². The summed E-state index contributed by atoms with van der Waals surface area (Å²) < 4.78 is 7.24. The van der Waals surface area contributed by atoms with Crippen LogP contribution in [0.3, 0.4) is 0 Å². The zero-order valence-electron chi connectivity index (χ0n) is 16.2. The second-order valence-corrected chi connectivity index (χ2v) is 7.38. The van der Waals surface area contributed by atoms with Gasteiger partial charge in [0, 0.05) is 19.2 Å². The Morgan fingerprint density at radius 2 is 1.79 bits per heavy atom. The molecule has 0 fully saturated rings. The highest BCUT2D eigenvalue weighted by Gasteiger charge is 2.26. The zero-order chi connectivity index (χ0) is 19.8. The summed E-state index contributed by atoms with van der Waals surface area (Å²) in [6.45, 7) is 3.35. The number of furan rings is 1. The topological polar surface area (TPSA) is 51.3 Å². The lowest BCUT2D eigenvalue weighted by Gasteiger charge is -2.29. The molecule has 0 saturated carbocycles. The number of nitrogens with zero attached hydrogens (tertiary/aromatic N) is 3. The summed E-state index contributed by atoms with van der Waals surface area (Å²) in [6, 6.07) is 21.8. The van der Waals surface area contributed by atoms with E-state index in [0.29, 0.717) is 30.2 Å². The van der Waals surface area contributed by atoms with Crippen molar-refractivity contribution in [1.29, 1.82) is 0 Å². The fraction of sp³-hybridized carbons (Fsp3) is 0.167. The molecule has 29 heavy (non-hydrogen) atoms. The molecule has 144 valence electrons. The monoisotopic (exact) mass is 383 g/mol. The molecule has 5 nitrogen and oxygen atoms in total. The van der Waals surface area contributed by atoms with Crippen molar-refractivity contribution >= 4 is 5.91 Å². The number of benzene rings is 2. The molecule has 1 aliphatic heterocycles. The van der Waals surface area contributed by atoms with Crippen molar-refractivity contribution < 1.29 is 9.21 Å². The summed E-state index contributed by atoms with van der Waals surface area (Å²) in [6.07, 6.45) is 2.48. The van der Waals surface area contributed by atoms with E-state index in [-0.39, 0.29) is 5.91 Å². The molecule has 2 aromatic carbocycles. The first kappa shape index (κ1) is 17.5. The molecule has 1 amide bonds. The van der Waals surface area contributed by atoms with Gasteiger partial charge in [0.25, 0.3) is 5.91 Å². The van der Waals surface area contributed by atoms with E-state index in [1.165, 1.54) is 11.1 Å². The predicted octanol–water partition coefficient (Wildman–Crippen LogP) is 4.64. The molecule has 2 aromatic heterocycles. The Balaban J connectivity index is 1.54. The third kappa shape index (κ3) is 3.25. The molecule has 5 heteroatoms. The fourth-order valence-electron chi connectivity index (χ4n) is 3.79. The fourth-order valence-corrected chi connectivity index (χ4v) is 3.79. The maximum absolute atomic E-state index is 13.5. The smallest absolute Gasteiger partial charge is 0.272 e.